The molecule has 0 unspecified atom stereocenters. The third kappa shape index (κ3) is 2.28. The standard InChI is InChI=1S/C10H10BrN5O2/c11-5-2-1-4-3-18-8(17)6(4)7(5)15-10(14)16-9(12)13/h1-2H,3H2,(H6,12,13,14,15,16). The summed E-state index contributed by atoms with van der Waals surface area (Å²) in [7, 11) is 0. The Bertz CT molecular complexity index is 578. The van der Waals surface area contributed by atoms with Crippen LogP contribution >= 0.6 is 15.9 Å². The maximum absolute atomic E-state index is 11.6. The number of carbonyl (C=O) groups is 1. The molecule has 0 aromatic heterocycles. The fraction of sp³-hybridized carbons (Fsp3) is 0.100. The zero-order valence-electron chi connectivity index (χ0n) is 9.18. The van der Waals surface area contributed by atoms with E-state index in [-0.39, 0.29) is 18.5 Å². The first-order valence-electron chi connectivity index (χ1n) is 4.91. The van der Waals surface area contributed by atoms with Gasteiger partial charge in [0.25, 0.3) is 0 Å². The molecule has 0 amide bonds. The number of nitrogens with zero attached hydrogens (tertiary/aromatic N) is 2. The van der Waals surface area contributed by atoms with Crippen molar-refractivity contribution in [3.05, 3.63) is 27.7 Å². The van der Waals surface area contributed by atoms with Gasteiger partial charge in [-0.3, -0.25) is 0 Å². The van der Waals surface area contributed by atoms with Gasteiger partial charge in [-0.15, -0.1) is 0 Å². The van der Waals surface area contributed by atoms with E-state index in [2.05, 4.69) is 25.9 Å². The van der Waals surface area contributed by atoms with Gasteiger partial charge in [-0.25, -0.2) is 9.79 Å². The highest BCUT2D eigenvalue weighted by atomic mass is 79.9. The molecule has 6 N–H and O–H groups in total. The van der Waals surface area contributed by atoms with E-state index in [1.165, 1.54) is 0 Å². The number of aliphatic imine (C=N–C) groups is 2. The molecule has 0 aliphatic carbocycles. The zero-order valence-corrected chi connectivity index (χ0v) is 10.8. The summed E-state index contributed by atoms with van der Waals surface area (Å²) in [6.07, 6.45) is 0. The number of nitrogens with two attached hydrogens (primary N) is 3. The Morgan fingerprint density at radius 2 is 2.06 bits per heavy atom. The Labute approximate surface area is 111 Å². The van der Waals surface area contributed by atoms with Gasteiger partial charge >= 0.3 is 5.97 Å². The monoisotopic (exact) mass is 311 g/mol. The van der Waals surface area contributed by atoms with Crippen LogP contribution in [-0.2, 0) is 11.3 Å². The van der Waals surface area contributed by atoms with Crippen molar-refractivity contribution in [1.29, 1.82) is 0 Å². The average Bonchev–Trinajstić information content (AvgIpc) is 2.64. The van der Waals surface area contributed by atoms with Crippen LogP contribution in [0.2, 0.25) is 0 Å². The highest BCUT2D eigenvalue weighted by Crippen LogP contribution is 2.36. The van der Waals surface area contributed by atoms with Gasteiger partial charge in [0.05, 0.1) is 11.3 Å². The summed E-state index contributed by atoms with van der Waals surface area (Å²) >= 11 is 3.29. The smallest absolute Gasteiger partial charge is 0.341 e. The van der Waals surface area contributed by atoms with Crippen LogP contribution in [0.1, 0.15) is 15.9 Å². The SMILES string of the molecule is NC(N)=NC(N)=Nc1c(Br)ccc2c1C(=O)OC2. The van der Waals surface area contributed by atoms with E-state index in [1.54, 1.807) is 12.1 Å². The molecular weight excluding hydrogens is 302 g/mol. The van der Waals surface area contributed by atoms with E-state index in [0.717, 1.165) is 5.56 Å². The molecule has 1 heterocycles. The number of fused-ring (bicyclic) bond motifs is 1. The molecule has 1 aliphatic rings. The second kappa shape index (κ2) is 4.65. The van der Waals surface area contributed by atoms with E-state index in [4.69, 9.17) is 21.9 Å². The lowest BCUT2D eigenvalue weighted by Gasteiger charge is -2.03. The van der Waals surface area contributed by atoms with Crippen molar-refractivity contribution in [1.82, 2.24) is 0 Å². The van der Waals surface area contributed by atoms with Crippen molar-refractivity contribution in [2.75, 3.05) is 0 Å². The number of rotatable bonds is 1. The number of ether oxygens (including phenoxy) is 1. The van der Waals surface area contributed by atoms with Crippen LogP contribution < -0.4 is 17.2 Å². The largest absolute Gasteiger partial charge is 0.457 e. The Hall–Kier alpha value is -2.09. The van der Waals surface area contributed by atoms with Gasteiger partial charge < -0.3 is 21.9 Å². The predicted octanol–water partition coefficient (Wildman–Crippen LogP) is 0.339. The third-order valence-corrected chi connectivity index (χ3v) is 2.89. The number of hydrogen-bond donors (Lipinski definition) is 3. The molecule has 0 saturated carbocycles. The molecule has 8 heteroatoms. The van der Waals surface area contributed by atoms with Crippen LogP contribution in [0.4, 0.5) is 5.69 Å². The molecule has 94 valence electrons. The topological polar surface area (TPSA) is 129 Å². The summed E-state index contributed by atoms with van der Waals surface area (Å²) in [6.45, 7) is 0.228. The molecule has 18 heavy (non-hydrogen) atoms. The van der Waals surface area contributed by atoms with Gasteiger partial charge in [0.15, 0.2) is 5.96 Å². The van der Waals surface area contributed by atoms with Crippen molar-refractivity contribution < 1.29 is 9.53 Å². The Morgan fingerprint density at radius 3 is 2.72 bits per heavy atom. The van der Waals surface area contributed by atoms with Crippen LogP contribution in [0.3, 0.4) is 0 Å². The van der Waals surface area contributed by atoms with Gasteiger partial charge in [0.1, 0.15) is 6.61 Å². The normalized spacial score (nSPS) is 14.1. The average molecular weight is 312 g/mol. The first-order chi connectivity index (χ1) is 8.49. The van der Waals surface area contributed by atoms with Crippen molar-refractivity contribution in [3.8, 4) is 0 Å². The molecule has 0 atom stereocenters. The molecule has 0 bridgehead atoms. The Morgan fingerprint density at radius 1 is 1.33 bits per heavy atom. The molecule has 2 rings (SSSR count). The van der Waals surface area contributed by atoms with E-state index in [9.17, 15) is 4.79 Å². The maximum atomic E-state index is 11.6. The first kappa shape index (κ1) is 12.4. The van der Waals surface area contributed by atoms with Gasteiger partial charge in [-0.05, 0) is 22.0 Å². The predicted molar refractivity (Wildman–Crippen MR) is 70.4 cm³/mol. The van der Waals surface area contributed by atoms with E-state index < -0.39 is 5.97 Å². The lowest BCUT2D eigenvalue weighted by atomic mass is 10.1. The van der Waals surface area contributed by atoms with E-state index in [0.29, 0.717) is 15.7 Å². The molecule has 1 aliphatic heterocycles. The molecule has 1 aromatic carbocycles. The fourth-order valence-corrected chi connectivity index (χ4v) is 1.97. The summed E-state index contributed by atoms with van der Waals surface area (Å²) in [5, 5.41) is 0. The second-order valence-electron chi connectivity index (χ2n) is 3.51. The number of halogens is 1. The zero-order chi connectivity index (χ0) is 13.3. The molecule has 0 radical (unpaired) electrons. The summed E-state index contributed by atoms with van der Waals surface area (Å²) in [4.78, 5) is 19.2. The first-order valence-corrected chi connectivity index (χ1v) is 5.70. The lowest BCUT2D eigenvalue weighted by Crippen LogP contribution is -2.26. The molecule has 1 aromatic rings. The quantitative estimate of drug-likeness (QED) is 0.391. The maximum Gasteiger partial charge on any atom is 0.341 e. The molecule has 7 nitrogen and oxygen atoms in total. The highest BCUT2D eigenvalue weighted by molar-refractivity contribution is 9.10. The number of benzene rings is 1. The summed E-state index contributed by atoms with van der Waals surface area (Å²) < 4.78 is 5.53. The van der Waals surface area contributed by atoms with Crippen molar-refractivity contribution in [2.45, 2.75) is 6.61 Å². The van der Waals surface area contributed by atoms with Crippen LogP contribution in [0.5, 0.6) is 0 Å². The van der Waals surface area contributed by atoms with Gasteiger partial charge in [0, 0.05) is 10.0 Å². The summed E-state index contributed by atoms with van der Waals surface area (Å²) in [5.41, 5.74) is 17.4. The number of carbonyl (C=O) groups excluding carboxylic acids is 1. The van der Waals surface area contributed by atoms with Crippen LogP contribution in [0, 0.1) is 0 Å². The molecular formula is C10H10BrN5O2. The van der Waals surface area contributed by atoms with Crippen molar-refractivity contribution in [3.63, 3.8) is 0 Å². The summed E-state index contributed by atoms with van der Waals surface area (Å²) in [6, 6.07) is 3.53. The fourth-order valence-electron chi connectivity index (χ4n) is 1.55. The van der Waals surface area contributed by atoms with Crippen LogP contribution in [0.25, 0.3) is 0 Å². The van der Waals surface area contributed by atoms with E-state index in [1.807, 2.05) is 0 Å². The number of esters is 1. The van der Waals surface area contributed by atoms with Crippen molar-refractivity contribution >= 4 is 39.5 Å². The number of cyclic esters (lactones) is 1. The third-order valence-electron chi connectivity index (χ3n) is 2.25. The molecule has 0 saturated heterocycles. The van der Waals surface area contributed by atoms with Crippen LogP contribution in [-0.4, -0.2) is 17.9 Å². The lowest BCUT2D eigenvalue weighted by molar-refractivity contribution is 0.0535. The molecule has 0 fully saturated rings. The highest BCUT2D eigenvalue weighted by Gasteiger charge is 2.26. The number of guanidine groups is 2. The van der Waals surface area contributed by atoms with Gasteiger partial charge in [0.2, 0.25) is 5.96 Å². The number of hydrogen-bond acceptors (Lipinski definition) is 3. The van der Waals surface area contributed by atoms with Gasteiger partial charge in [-0.1, -0.05) is 6.07 Å². The molecule has 0 spiro atoms. The van der Waals surface area contributed by atoms with Crippen LogP contribution in [0.15, 0.2) is 26.6 Å². The second-order valence-corrected chi connectivity index (χ2v) is 4.37. The van der Waals surface area contributed by atoms with E-state index >= 15 is 0 Å². The van der Waals surface area contributed by atoms with Crippen molar-refractivity contribution in [2.24, 2.45) is 27.2 Å². The minimum atomic E-state index is -0.442. The minimum absolute atomic E-state index is 0.135. The Balaban J connectivity index is 2.55. The Kier molecular flexibility index (Phi) is 3.19. The van der Waals surface area contributed by atoms with Gasteiger partial charge in [-0.2, -0.15) is 4.99 Å². The summed E-state index contributed by atoms with van der Waals surface area (Å²) in [5.74, 6) is -0.783. The minimum Gasteiger partial charge on any atom is -0.457 e.